The van der Waals surface area contributed by atoms with Crippen molar-refractivity contribution in [3.63, 3.8) is 0 Å². The molecule has 1 spiro atoms. The number of rotatable bonds is 0. The van der Waals surface area contributed by atoms with Gasteiger partial charge in [0.05, 0.1) is 11.7 Å². The molecule has 3 aliphatic carbocycles. The number of nitrogens with zero attached hydrogens (tertiary/aromatic N) is 1. The fourth-order valence-electron chi connectivity index (χ4n) is 9.31. The van der Waals surface area contributed by atoms with Crippen molar-refractivity contribution in [2.24, 2.45) is 29.6 Å². The molecule has 6 fully saturated rings. The average molecular weight is 317 g/mol. The lowest BCUT2D eigenvalue weighted by atomic mass is 9.51. The molecule has 6 aliphatic rings. The summed E-state index contributed by atoms with van der Waals surface area (Å²) in [4.78, 5) is 2.95. The van der Waals surface area contributed by atoms with Gasteiger partial charge in [-0.1, -0.05) is 12.8 Å². The fourth-order valence-corrected chi connectivity index (χ4v) is 9.31. The van der Waals surface area contributed by atoms with Gasteiger partial charge in [0.25, 0.3) is 0 Å². The first kappa shape index (κ1) is 14.1. The van der Waals surface area contributed by atoms with Crippen LogP contribution in [0.15, 0.2) is 0 Å². The molecule has 5 bridgehead atoms. The Hall–Kier alpha value is -0.120. The summed E-state index contributed by atoms with van der Waals surface area (Å²) in [7, 11) is 0. The van der Waals surface area contributed by atoms with E-state index in [-0.39, 0.29) is 11.6 Å². The van der Waals surface area contributed by atoms with Crippen LogP contribution in [-0.4, -0.2) is 44.4 Å². The second kappa shape index (κ2) is 4.16. The van der Waals surface area contributed by atoms with Crippen LogP contribution in [0, 0.1) is 29.6 Å². The lowest BCUT2D eigenvalue weighted by Gasteiger charge is -2.67. The van der Waals surface area contributed by atoms with Gasteiger partial charge < -0.3 is 10.2 Å². The zero-order valence-electron chi connectivity index (χ0n) is 14.3. The standard InChI is InChI=1S/C20H31NO2/c1-11-6-7-15-16-8-12-10-19(15,23)18-9-17(22)13-4-2-3-5-14(13)20(12,18)21(11)16/h11-18,22-23H,2-10H2,1H3/t11-,12+,13-,14-,15-,16+,17-,18+,19-,20-/m1/s1. The van der Waals surface area contributed by atoms with Crippen molar-refractivity contribution in [1.82, 2.24) is 4.90 Å². The van der Waals surface area contributed by atoms with Crippen molar-refractivity contribution in [2.45, 2.75) is 94.0 Å². The third-order valence-electron chi connectivity index (χ3n) is 9.58. The van der Waals surface area contributed by atoms with Gasteiger partial charge in [0, 0.05) is 29.5 Å². The zero-order valence-corrected chi connectivity index (χ0v) is 14.3. The molecular formula is C20H31NO2. The van der Waals surface area contributed by atoms with Crippen molar-refractivity contribution < 1.29 is 10.2 Å². The number of aliphatic hydroxyl groups excluding tert-OH is 1. The van der Waals surface area contributed by atoms with Gasteiger partial charge in [-0.2, -0.15) is 0 Å². The molecule has 0 aromatic carbocycles. The summed E-state index contributed by atoms with van der Waals surface area (Å²) in [5.41, 5.74) is -0.201. The first-order valence-corrected chi connectivity index (χ1v) is 10.3. The van der Waals surface area contributed by atoms with E-state index in [0.717, 1.165) is 12.8 Å². The van der Waals surface area contributed by atoms with Crippen LogP contribution in [0.1, 0.15) is 64.7 Å². The lowest BCUT2D eigenvalue weighted by molar-refractivity contribution is -0.234. The summed E-state index contributed by atoms with van der Waals surface area (Å²) in [5, 5.41) is 22.7. The maximum Gasteiger partial charge on any atom is 0.0740 e. The normalized spacial score (nSPS) is 68.7. The van der Waals surface area contributed by atoms with Crippen LogP contribution in [0.4, 0.5) is 0 Å². The van der Waals surface area contributed by atoms with Gasteiger partial charge in [0.15, 0.2) is 0 Å². The molecule has 0 aromatic heterocycles. The van der Waals surface area contributed by atoms with Crippen LogP contribution < -0.4 is 0 Å². The van der Waals surface area contributed by atoms with E-state index in [1.54, 1.807) is 0 Å². The number of fused-ring (bicyclic) bond motifs is 2. The molecule has 3 nitrogen and oxygen atoms in total. The van der Waals surface area contributed by atoms with E-state index in [2.05, 4.69) is 11.8 Å². The summed E-state index contributed by atoms with van der Waals surface area (Å²) in [6.45, 7) is 2.45. The molecule has 0 amide bonds. The van der Waals surface area contributed by atoms with Gasteiger partial charge in [0.1, 0.15) is 0 Å². The van der Waals surface area contributed by atoms with E-state index < -0.39 is 5.60 Å². The molecule has 6 rings (SSSR count). The predicted molar refractivity (Wildman–Crippen MR) is 87.8 cm³/mol. The molecule has 1 unspecified atom stereocenters. The molecular weight excluding hydrogens is 286 g/mol. The van der Waals surface area contributed by atoms with Crippen LogP contribution in [0.5, 0.6) is 0 Å². The summed E-state index contributed by atoms with van der Waals surface area (Å²) < 4.78 is 0. The summed E-state index contributed by atoms with van der Waals surface area (Å²) in [6, 6.07) is 1.33. The largest absolute Gasteiger partial charge is 0.393 e. The maximum absolute atomic E-state index is 11.8. The first-order chi connectivity index (χ1) is 11.1. The third kappa shape index (κ3) is 1.32. The highest BCUT2D eigenvalue weighted by molar-refractivity contribution is 5.33. The second-order valence-corrected chi connectivity index (χ2v) is 9.93. The van der Waals surface area contributed by atoms with Crippen molar-refractivity contribution >= 4 is 0 Å². The maximum atomic E-state index is 11.8. The van der Waals surface area contributed by atoms with Crippen LogP contribution in [0.3, 0.4) is 0 Å². The molecule has 3 aliphatic heterocycles. The molecule has 0 aromatic rings. The van der Waals surface area contributed by atoms with Gasteiger partial charge in [0.2, 0.25) is 0 Å². The van der Waals surface area contributed by atoms with E-state index in [1.165, 1.54) is 44.9 Å². The average Bonchev–Trinajstić information content (AvgIpc) is 2.93. The van der Waals surface area contributed by atoms with E-state index in [9.17, 15) is 10.2 Å². The molecule has 2 N–H and O–H groups in total. The minimum atomic E-state index is -0.451. The van der Waals surface area contributed by atoms with Crippen molar-refractivity contribution in [1.29, 1.82) is 0 Å². The Kier molecular flexibility index (Phi) is 2.55. The zero-order chi connectivity index (χ0) is 15.6. The van der Waals surface area contributed by atoms with Crippen LogP contribution in [0.2, 0.25) is 0 Å². The smallest absolute Gasteiger partial charge is 0.0740 e. The Morgan fingerprint density at radius 1 is 1.00 bits per heavy atom. The Morgan fingerprint density at radius 3 is 2.70 bits per heavy atom. The van der Waals surface area contributed by atoms with Crippen LogP contribution in [0.25, 0.3) is 0 Å². The second-order valence-electron chi connectivity index (χ2n) is 9.93. The third-order valence-corrected chi connectivity index (χ3v) is 9.58. The van der Waals surface area contributed by atoms with E-state index in [0.29, 0.717) is 41.7 Å². The number of hydrogen-bond acceptors (Lipinski definition) is 3. The Bertz CT molecular complexity index is 552. The number of piperidine rings is 2. The number of hydrogen-bond donors (Lipinski definition) is 2. The topological polar surface area (TPSA) is 43.7 Å². The highest BCUT2D eigenvalue weighted by Gasteiger charge is 2.80. The number of aliphatic hydroxyl groups is 2. The molecule has 23 heavy (non-hydrogen) atoms. The van der Waals surface area contributed by atoms with Gasteiger partial charge in [-0.15, -0.1) is 0 Å². The fraction of sp³-hybridized carbons (Fsp3) is 1.00. The highest BCUT2D eigenvalue weighted by Crippen LogP contribution is 2.75. The quantitative estimate of drug-likeness (QED) is 0.722. The summed E-state index contributed by atoms with van der Waals surface area (Å²) >= 11 is 0. The van der Waals surface area contributed by atoms with Gasteiger partial charge in [-0.05, 0) is 69.6 Å². The van der Waals surface area contributed by atoms with Crippen molar-refractivity contribution in [3.8, 4) is 0 Å². The Morgan fingerprint density at radius 2 is 1.83 bits per heavy atom. The van der Waals surface area contributed by atoms with E-state index in [4.69, 9.17) is 0 Å². The minimum absolute atomic E-state index is 0.157. The summed E-state index contributed by atoms with van der Waals surface area (Å²) in [5.74, 6) is 2.70. The van der Waals surface area contributed by atoms with Crippen molar-refractivity contribution in [2.75, 3.05) is 0 Å². The predicted octanol–water partition coefficient (Wildman–Crippen LogP) is 2.55. The molecule has 11 atom stereocenters. The van der Waals surface area contributed by atoms with Gasteiger partial charge in [-0.3, -0.25) is 4.90 Å². The van der Waals surface area contributed by atoms with E-state index in [1.807, 2.05) is 0 Å². The molecule has 3 saturated carbocycles. The molecule has 3 heterocycles. The summed E-state index contributed by atoms with van der Waals surface area (Å²) in [6.07, 6.45) is 10.7. The molecule has 3 heteroatoms. The monoisotopic (exact) mass is 317 g/mol. The first-order valence-electron chi connectivity index (χ1n) is 10.3. The molecule has 0 radical (unpaired) electrons. The Labute approximate surface area is 139 Å². The van der Waals surface area contributed by atoms with Crippen LogP contribution >= 0.6 is 0 Å². The van der Waals surface area contributed by atoms with Gasteiger partial charge >= 0.3 is 0 Å². The SMILES string of the molecule is C[C@@H]1CC[C@@H]2[C@@H]3C[C@H]4C[C@]2(O)[C@@H]2C[C@@H](O)[C@@H]5CCCC[C@H]5[C@]42N13. The van der Waals surface area contributed by atoms with Gasteiger partial charge in [-0.25, -0.2) is 0 Å². The van der Waals surface area contributed by atoms with Crippen molar-refractivity contribution in [3.05, 3.63) is 0 Å². The highest BCUT2D eigenvalue weighted by atomic mass is 16.3. The molecule has 128 valence electrons. The molecule has 3 saturated heterocycles. The lowest BCUT2D eigenvalue weighted by Crippen LogP contribution is -2.75. The minimum Gasteiger partial charge on any atom is -0.393 e. The van der Waals surface area contributed by atoms with Crippen LogP contribution in [-0.2, 0) is 0 Å². The van der Waals surface area contributed by atoms with E-state index >= 15 is 0 Å². The Balaban J connectivity index is 1.57.